The van der Waals surface area contributed by atoms with E-state index in [2.05, 4.69) is 52.6 Å². The van der Waals surface area contributed by atoms with Gasteiger partial charge in [-0.05, 0) is 48.4 Å². The first-order valence-electron chi connectivity index (χ1n) is 6.07. The molecular weight excluding hydrogens is 208 g/mol. The smallest absolute Gasteiger partial charge is 0.0449 e. The van der Waals surface area contributed by atoms with Gasteiger partial charge in [-0.3, -0.25) is 0 Å². The zero-order valence-electron chi connectivity index (χ0n) is 9.76. The quantitative estimate of drug-likeness (QED) is 0.830. The Kier molecular flexibility index (Phi) is 2.80. The van der Waals surface area contributed by atoms with Crippen LogP contribution in [0.1, 0.15) is 12.0 Å². The average Bonchev–Trinajstić information content (AvgIpc) is 2.94. The summed E-state index contributed by atoms with van der Waals surface area (Å²) in [5.74, 6) is 0. The molecule has 0 radical (unpaired) electrons. The van der Waals surface area contributed by atoms with Gasteiger partial charge in [0.15, 0.2) is 0 Å². The average molecular weight is 224 g/mol. The summed E-state index contributed by atoms with van der Waals surface area (Å²) >= 11 is 0. The van der Waals surface area contributed by atoms with E-state index >= 15 is 0 Å². The molecule has 2 heterocycles. The van der Waals surface area contributed by atoms with Crippen LogP contribution in [-0.2, 0) is 0 Å². The van der Waals surface area contributed by atoms with Crippen molar-refractivity contribution in [2.45, 2.75) is 6.42 Å². The molecule has 0 atom stereocenters. The van der Waals surface area contributed by atoms with Gasteiger partial charge in [-0.25, -0.2) is 0 Å². The van der Waals surface area contributed by atoms with Gasteiger partial charge < -0.3 is 9.88 Å². The molecule has 86 valence electrons. The zero-order valence-corrected chi connectivity index (χ0v) is 9.76. The second-order valence-corrected chi connectivity index (χ2v) is 4.32. The lowest BCUT2D eigenvalue weighted by Gasteiger charge is -2.14. The molecule has 1 aromatic carbocycles. The van der Waals surface area contributed by atoms with Crippen LogP contribution in [0.25, 0.3) is 11.3 Å². The summed E-state index contributed by atoms with van der Waals surface area (Å²) in [4.78, 5) is 0. The van der Waals surface area contributed by atoms with Crippen LogP contribution >= 0.6 is 0 Å². The fourth-order valence-electron chi connectivity index (χ4n) is 2.24. The van der Waals surface area contributed by atoms with E-state index in [1.165, 1.54) is 16.8 Å². The first-order chi connectivity index (χ1) is 8.43. The fourth-order valence-corrected chi connectivity index (χ4v) is 2.24. The number of aromatic nitrogens is 1. The Morgan fingerprint density at radius 3 is 2.41 bits per heavy atom. The Morgan fingerprint density at radius 1 is 1.00 bits per heavy atom. The molecule has 0 spiro atoms. The van der Waals surface area contributed by atoms with Crippen molar-refractivity contribution in [2.75, 3.05) is 13.1 Å². The summed E-state index contributed by atoms with van der Waals surface area (Å²) in [6.07, 6.45) is 7.55. The molecule has 0 bridgehead atoms. The van der Waals surface area contributed by atoms with Gasteiger partial charge in [0.25, 0.3) is 0 Å². The number of rotatable bonds is 2. The highest BCUT2D eigenvalue weighted by Crippen LogP contribution is 2.21. The van der Waals surface area contributed by atoms with Crippen molar-refractivity contribution < 1.29 is 0 Å². The zero-order chi connectivity index (χ0) is 11.5. The van der Waals surface area contributed by atoms with Crippen LogP contribution in [0.5, 0.6) is 0 Å². The van der Waals surface area contributed by atoms with Crippen LogP contribution in [-0.4, -0.2) is 17.7 Å². The molecule has 1 aliphatic rings. The molecule has 3 rings (SSSR count). The van der Waals surface area contributed by atoms with E-state index < -0.39 is 0 Å². The Bertz CT molecular complexity index is 506. The minimum absolute atomic E-state index is 0.995. The molecule has 2 nitrogen and oxygen atoms in total. The first kappa shape index (κ1) is 10.4. The van der Waals surface area contributed by atoms with Crippen molar-refractivity contribution in [3.8, 4) is 5.69 Å². The summed E-state index contributed by atoms with van der Waals surface area (Å²) in [5, 5.41) is 3.34. The standard InChI is InChI=1S/C15H16N2/c1-2-12-17(11-1)15-5-3-13(4-6-15)14-7-9-16-10-8-14/h1-7,11-12,16H,8-10H2. The molecule has 2 heteroatoms. The summed E-state index contributed by atoms with van der Waals surface area (Å²) in [6, 6.07) is 12.9. The van der Waals surface area contributed by atoms with E-state index in [1.54, 1.807) is 0 Å². The van der Waals surface area contributed by atoms with E-state index in [4.69, 9.17) is 0 Å². The van der Waals surface area contributed by atoms with Crippen LogP contribution in [0.2, 0.25) is 0 Å². The van der Waals surface area contributed by atoms with Crippen LogP contribution in [0.15, 0.2) is 54.9 Å². The van der Waals surface area contributed by atoms with Gasteiger partial charge >= 0.3 is 0 Å². The van der Waals surface area contributed by atoms with Gasteiger partial charge in [-0.1, -0.05) is 18.2 Å². The number of benzene rings is 1. The number of hydrogen-bond donors (Lipinski definition) is 1. The molecule has 1 aromatic heterocycles. The summed E-state index contributed by atoms with van der Waals surface area (Å²) in [5.41, 5.74) is 4.03. The molecule has 1 N–H and O–H groups in total. The van der Waals surface area contributed by atoms with E-state index in [9.17, 15) is 0 Å². The summed E-state index contributed by atoms with van der Waals surface area (Å²) in [6.45, 7) is 2.08. The number of nitrogens with zero attached hydrogens (tertiary/aromatic N) is 1. The van der Waals surface area contributed by atoms with E-state index in [-0.39, 0.29) is 0 Å². The van der Waals surface area contributed by atoms with Crippen LogP contribution in [0.4, 0.5) is 0 Å². The summed E-state index contributed by atoms with van der Waals surface area (Å²) in [7, 11) is 0. The van der Waals surface area contributed by atoms with Crippen molar-refractivity contribution in [1.29, 1.82) is 0 Å². The highest BCUT2D eigenvalue weighted by atomic mass is 14.9. The lowest BCUT2D eigenvalue weighted by Crippen LogP contribution is -2.19. The lowest BCUT2D eigenvalue weighted by atomic mass is 10.0. The van der Waals surface area contributed by atoms with Gasteiger partial charge in [0, 0.05) is 24.6 Å². The molecule has 1 aliphatic heterocycles. The molecule has 0 aliphatic carbocycles. The number of hydrogen-bond acceptors (Lipinski definition) is 1. The van der Waals surface area contributed by atoms with Gasteiger partial charge in [0.1, 0.15) is 0 Å². The predicted octanol–water partition coefficient (Wildman–Crippen LogP) is 2.85. The van der Waals surface area contributed by atoms with Gasteiger partial charge in [0.2, 0.25) is 0 Å². The van der Waals surface area contributed by atoms with Crippen molar-refractivity contribution >= 4 is 5.57 Å². The minimum Gasteiger partial charge on any atom is -0.324 e. The van der Waals surface area contributed by atoms with Gasteiger partial charge in [-0.15, -0.1) is 0 Å². The fraction of sp³-hybridized carbons (Fsp3) is 0.200. The largest absolute Gasteiger partial charge is 0.324 e. The third kappa shape index (κ3) is 2.17. The number of nitrogens with one attached hydrogen (secondary N) is 1. The maximum Gasteiger partial charge on any atom is 0.0449 e. The van der Waals surface area contributed by atoms with Gasteiger partial charge in [0.05, 0.1) is 0 Å². The Labute approximate surface area is 102 Å². The third-order valence-electron chi connectivity index (χ3n) is 3.20. The molecule has 0 amide bonds. The van der Waals surface area contributed by atoms with E-state index in [0.29, 0.717) is 0 Å². The Hall–Kier alpha value is -1.80. The minimum atomic E-state index is 0.995. The normalized spacial score (nSPS) is 15.6. The molecule has 17 heavy (non-hydrogen) atoms. The summed E-state index contributed by atoms with van der Waals surface area (Å²) < 4.78 is 2.13. The molecular formula is C15H16N2. The highest BCUT2D eigenvalue weighted by molar-refractivity contribution is 5.67. The molecule has 0 saturated heterocycles. The highest BCUT2D eigenvalue weighted by Gasteiger charge is 2.05. The second kappa shape index (κ2) is 4.60. The maximum atomic E-state index is 3.34. The van der Waals surface area contributed by atoms with Crippen LogP contribution in [0.3, 0.4) is 0 Å². The van der Waals surface area contributed by atoms with Crippen LogP contribution < -0.4 is 5.32 Å². The second-order valence-electron chi connectivity index (χ2n) is 4.32. The van der Waals surface area contributed by atoms with Crippen molar-refractivity contribution in [1.82, 2.24) is 9.88 Å². The molecule has 0 saturated carbocycles. The maximum absolute atomic E-state index is 3.34. The third-order valence-corrected chi connectivity index (χ3v) is 3.20. The monoisotopic (exact) mass is 224 g/mol. The SMILES string of the molecule is C1=C(c2ccc(-n3cccc3)cc2)CCNC1. The van der Waals surface area contributed by atoms with Crippen molar-refractivity contribution in [2.24, 2.45) is 0 Å². The lowest BCUT2D eigenvalue weighted by molar-refractivity contribution is 0.738. The molecule has 0 fully saturated rings. The Balaban J connectivity index is 1.87. The first-order valence-corrected chi connectivity index (χ1v) is 6.07. The van der Waals surface area contributed by atoms with Crippen molar-refractivity contribution in [3.63, 3.8) is 0 Å². The van der Waals surface area contributed by atoms with E-state index in [1.807, 2.05) is 12.1 Å². The van der Waals surface area contributed by atoms with Crippen LogP contribution in [0, 0.1) is 0 Å². The Morgan fingerprint density at radius 2 is 1.76 bits per heavy atom. The molecule has 2 aromatic rings. The molecule has 0 unspecified atom stereocenters. The van der Waals surface area contributed by atoms with E-state index in [0.717, 1.165) is 19.5 Å². The van der Waals surface area contributed by atoms with Crippen molar-refractivity contribution in [3.05, 3.63) is 60.4 Å². The topological polar surface area (TPSA) is 17.0 Å². The predicted molar refractivity (Wildman–Crippen MR) is 71.2 cm³/mol. The van der Waals surface area contributed by atoms with Gasteiger partial charge in [-0.2, -0.15) is 0 Å².